The van der Waals surface area contributed by atoms with Crippen LogP contribution in [0.25, 0.3) is 20.3 Å². The molecule has 0 spiro atoms. The normalized spacial score (nSPS) is 10.7. The van der Waals surface area contributed by atoms with Crippen molar-refractivity contribution in [2.45, 2.75) is 6.92 Å². The van der Waals surface area contributed by atoms with Crippen molar-refractivity contribution >= 4 is 28.6 Å². The van der Waals surface area contributed by atoms with Crippen molar-refractivity contribution in [3.8, 4) is 20.3 Å². The molecule has 0 atom stereocenters. The SMILES string of the molecule is Cc1nc(-c2ccc(-c3cccnc3)s2)sc1C(=O)O. The second-order valence-electron chi connectivity index (χ2n) is 4.14. The molecule has 0 saturated heterocycles. The van der Waals surface area contributed by atoms with Crippen LogP contribution in [0.1, 0.15) is 15.4 Å². The first-order valence-electron chi connectivity index (χ1n) is 5.86. The molecule has 0 aliphatic carbocycles. The quantitative estimate of drug-likeness (QED) is 0.796. The summed E-state index contributed by atoms with van der Waals surface area (Å²) < 4.78 is 0. The number of carbonyl (C=O) groups is 1. The average molecular weight is 302 g/mol. The molecule has 0 bridgehead atoms. The lowest BCUT2D eigenvalue weighted by Crippen LogP contribution is -1.94. The zero-order chi connectivity index (χ0) is 14.1. The van der Waals surface area contributed by atoms with Crippen molar-refractivity contribution in [1.82, 2.24) is 9.97 Å². The van der Waals surface area contributed by atoms with E-state index in [0.717, 1.165) is 20.3 Å². The molecule has 3 aromatic rings. The molecule has 0 fully saturated rings. The third-order valence-electron chi connectivity index (χ3n) is 2.75. The third-order valence-corrected chi connectivity index (χ3v) is 5.20. The summed E-state index contributed by atoms with van der Waals surface area (Å²) >= 11 is 2.80. The van der Waals surface area contributed by atoms with Crippen LogP contribution in [0.4, 0.5) is 0 Å². The van der Waals surface area contributed by atoms with Gasteiger partial charge in [-0.05, 0) is 25.1 Å². The molecule has 0 aliphatic heterocycles. The minimum atomic E-state index is -0.921. The van der Waals surface area contributed by atoms with Crippen LogP contribution < -0.4 is 0 Å². The van der Waals surface area contributed by atoms with Crippen LogP contribution in [0.2, 0.25) is 0 Å². The first kappa shape index (κ1) is 13.0. The smallest absolute Gasteiger partial charge is 0.347 e. The first-order chi connectivity index (χ1) is 9.65. The van der Waals surface area contributed by atoms with Crippen LogP contribution in [-0.2, 0) is 0 Å². The Morgan fingerprint density at radius 1 is 1.20 bits per heavy atom. The van der Waals surface area contributed by atoms with Crippen molar-refractivity contribution < 1.29 is 9.90 Å². The molecule has 3 heterocycles. The maximum absolute atomic E-state index is 11.1. The summed E-state index contributed by atoms with van der Waals surface area (Å²) in [5.41, 5.74) is 1.62. The van der Waals surface area contributed by atoms with Gasteiger partial charge < -0.3 is 5.11 Å². The van der Waals surface area contributed by atoms with Gasteiger partial charge in [0.2, 0.25) is 0 Å². The van der Waals surface area contributed by atoms with E-state index in [1.54, 1.807) is 24.5 Å². The number of aryl methyl sites for hydroxylation is 1. The van der Waals surface area contributed by atoms with Crippen molar-refractivity contribution in [1.29, 1.82) is 0 Å². The summed E-state index contributed by atoms with van der Waals surface area (Å²) in [6.45, 7) is 1.72. The molecule has 0 amide bonds. The predicted molar refractivity (Wildman–Crippen MR) is 80.4 cm³/mol. The van der Waals surface area contributed by atoms with E-state index in [0.29, 0.717) is 10.6 Å². The second kappa shape index (κ2) is 5.15. The highest BCUT2D eigenvalue weighted by molar-refractivity contribution is 7.24. The Morgan fingerprint density at radius 2 is 2.00 bits per heavy atom. The van der Waals surface area contributed by atoms with Crippen LogP contribution in [-0.4, -0.2) is 21.0 Å². The van der Waals surface area contributed by atoms with E-state index in [9.17, 15) is 4.79 Å². The van der Waals surface area contributed by atoms with E-state index in [-0.39, 0.29) is 0 Å². The van der Waals surface area contributed by atoms with Gasteiger partial charge in [-0.15, -0.1) is 22.7 Å². The summed E-state index contributed by atoms with van der Waals surface area (Å²) in [5, 5.41) is 9.82. The van der Waals surface area contributed by atoms with Crippen LogP contribution in [0.3, 0.4) is 0 Å². The van der Waals surface area contributed by atoms with Crippen LogP contribution >= 0.6 is 22.7 Å². The van der Waals surface area contributed by atoms with E-state index in [4.69, 9.17) is 5.11 Å². The molecule has 0 aliphatic rings. The molecule has 0 saturated carbocycles. The van der Waals surface area contributed by atoms with E-state index >= 15 is 0 Å². The van der Waals surface area contributed by atoms with Crippen LogP contribution in [0.15, 0.2) is 36.7 Å². The van der Waals surface area contributed by atoms with E-state index in [2.05, 4.69) is 9.97 Å². The molecular weight excluding hydrogens is 292 g/mol. The zero-order valence-corrected chi connectivity index (χ0v) is 12.2. The number of nitrogens with zero attached hydrogens (tertiary/aromatic N) is 2. The van der Waals surface area contributed by atoms with Crippen molar-refractivity contribution in [3.05, 3.63) is 47.2 Å². The number of aromatic nitrogens is 2. The van der Waals surface area contributed by atoms with Crippen molar-refractivity contribution in [2.75, 3.05) is 0 Å². The van der Waals surface area contributed by atoms with Gasteiger partial charge in [-0.25, -0.2) is 9.78 Å². The number of carboxylic acids is 1. The predicted octanol–water partition coefficient (Wildman–Crippen LogP) is 3.94. The molecule has 100 valence electrons. The van der Waals surface area contributed by atoms with E-state index in [1.165, 1.54) is 11.3 Å². The van der Waals surface area contributed by atoms with E-state index < -0.39 is 5.97 Å². The summed E-state index contributed by atoms with van der Waals surface area (Å²) in [7, 11) is 0. The Morgan fingerprint density at radius 3 is 2.65 bits per heavy atom. The fourth-order valence-corrected chi connectivity index (χ4v) is 3.77. The molecule has 3 rings (SSSR count). The Kier molecular flexibility index (Phi) is 3.33. The van der Waals surface area contributed by atoms with Gasteiger partial charge in [0.15, 0.2) is 0 Å². The average Bonchev–Trinajstić information content (AvgIpc) is 3.06. The molecule has 20 heavy (non-hydrogen) atoms. The van der Waals surface area contributed by atoms with Crippen molar-refractivity contribution in [2.24, 2.45) is 0 Å². The molecule has 1 N–H and O–H groups in total. The molecule has 0 aromatic carbocycles. The van der Waals surface area contributed by atoms with Gasteiger partial charge in [-0.2, -0.15) is 0 Å². The number of thiazole rings is 1. The Bertz CT molecular complexity index is 763. The number of rotatable bonds is 3. The Hall–Kier alpha value is -2.05. The molecule has 0 radical (unpaired) electrons. The standard InChI is InChI=1S/C14H10N2O2S2/c1-8-12(14(17)18)20-13(16-8)11-5-4-10(19-11)9-3-2-6-15-7-9/h2-7H,1H3,(H,17,18). The number of aromatic carboxylic acids is 1. The Labute approximate surface area is 123 Å². The van der Waals surface area contributed by atoms with Gasteiger partial charge >= 0.3 is 5.97 Å². The number of carboxylic acid groups (broad SMARTS) is 1. The van der Waals surface area contributed by atoms with Crippen LogP contribution in [0.5, 0.6) is 0 Å². The fourth-order valence-electron chi connectivity index (χ4n) is 1.82. The van der Waals surface area contributed by atoms with Gasteiger partial charge in [0.1, 0.15) is 9.88 Å². The van der Waals surface area contributed by atoms with Gasteiger partial charge in [0.05, 0.1) is 10.6 Å². The number of pyridine rings is 1. The maximum Gasteiger partial charge on any atom is 0.347 e. The highest BCUT2D eigenvalue weighted by Crippen LogP contribution is 2.36. The minimum Gasteiger partial charge on any atom is -0.477 e. The van der Waals surface area contributed by atoms with Crippen LogP contribution in [0, 0.1) is 6.92 Å². The molecule has 0 unspecified atom stereocenters. The number of thiophene rings is 1. The lowest BCUT2D eigenvalue weighted by molar-refractivity contribution is 0.0701. The van der Waals surface area contributed by atoms with Crippen molar-refractivity contribution in [3.63, 3.8) is 0 Å². The van der Waals surface area contributed by atoms with Gasteiger partial charge in [-0.3, -0.25) is 4.98 Å². The van der Waals surface area contributed by atoms with Gasteiger partial charge in [0.25, 0.3) is 0 Å². The molecule has 3 aromatic heterocycles. The fraction of sp³-hybridized carbons (Fsp3) is 0.0714. The summed E-state index contributed by atoms with van der Waals surface area (Å²) in [6, 6.07) is 7.87. The summed E-state index contributed by atoms with van der Waals surface area (Å²) in [4.78, 5) is 21.9. The Balaban J connectivity index is 1.98. The molecule has 6 heteroatoms. The highest BCUT2D eigenvalue weighted by atomic mass is 32.1. The lowest BCUT2D eigenvalue weighted by atomic mass is 10.2. The lowest BCUT2D eigenvalue weighted by Gasteiger charge is -1.93. The first-order valence-corrected chi connectivity index (χ1v) is 7.50. The zero-order valence-electron chi connectivity index (χ0n) is 10.5. The summed E-state index contributed by atoms with van der Waals surface area (Å²) in [6.07, 6.45) is 3.55. The monoisotopic (exact) mass is 302 g/mol. The van der Waals surface area contributed by atoms with Gasteiger partial charge in [0, 0.05) is 22.8 Å². The topological polar surface area (TPSA) is 63.1 Å². The van der Waals surface area contributed by atoms with E-state index in [1.807, 2.05) is 30.5 Å². The molecule has 4 nitrogen and oxygen atoms in total. The second-order valence-corrected chi connectivity index (χ2v) is 6.23. The highest BCUT2D eigenvalue weighted by Gasteiger charge is 2.16. The summed E-state index contributed by atoms with van der Waals surface area (Å²) in [5.74, 6) is -0.921. The molecular formula is C14H10N2O2S2. The minimum absolute atomic E-state index is 0.302. The maximum atomic E-state index is 11.1. The third kappa shape index (κ3) is 2.35. The number of hydrogen-bond acceptors (Lipinski definition) is 5. The largest absolute Gasteiger partial charge is 0.477 e. The van der Waals surface area contributed by atoms with Gasteiger partial charge in [-0.1, -0.05) is 6.07 Å². The number of hydrogen-bond donors (Lipinski definition) is 1.